The third-order valence-corrected chi connectivity index (χ3v) is 4.50. The van der Waals surface area contributed by atoms with E-state index in [1.807, 2.05) is 18.2 Å². The van der Waals surface area contributed by atoms with Gasteiger partial charge in [-0.2, -0.15) is 0 Å². The highest BCUT2D eigenvalue weighted by Gasteiger charge is 2.11. The van der Waals surface area contributed by atoms with E-state index >= 15 is 0 Å². The number of rotatable bonds is 3. The summed E-state index contributed by atoms with van der Waals surface area (Å²) in [5.74, 6) is 2.17. The highest BCUT2D eigenvalue weighted by molar-refractivity contribution is 9.10. The topological polar surface area (TPSA) is 9.23 Å². The fourth-order valence-corrected chi connectivity index (χ4v) is 3.19. The maximum Gasteiger partial charge on any atom is 0.132 e. The third-order valence-electron chi connectivity index (χ3n) is 3.72. The number of aryl methyl sites for hydroxylation is 2. The molecule has 0 fully saturated rings. The molecule has 0 aliphatic heterocycles. The molecular weight excluding hydrogens is 336 g/mol. The lowest BCUT2D eigenvalue weighted by atomic mass is 9.92. The average Bonchev–Trinajstić information content (AvgIpc) is 2.47. The number of halogens is 2. The first-order valence-electron chi connectivity index (χ1n) is 6.90. The van der Waals surface area contributed by atoms with E-state index in [4.69, 9.17) is 16.3 Å². The molecule has 0 atom stereocenters. The number of fused-ring (bicyclic) bond motifs is 1. The SMILES string of the molecule is ClCc1ccc(Br)cc1Oc1ccc2c(c1)CCCC2. The second-order valence-corrected chi connectivity index (χ2v) is 6.31. The number of hydrogen-bond acceptors (Lipinski definition) is 1. The number of alkyl halides is 1. The van der Waals surface area contributed by atoms with Crippen molar-refractivity contribution in [3.63, 3.8) is 0 Å². The van der Waals surface area contributed by atoms with Crippen LogP contribution in [0.2, 0.25) is 0 Å². The van der Waals surface area contributed by atoms with Crippen LogP contribution in [-0.4, -0.2) is 0 Å². The van der Waals surface area contributed by atoms with Crippen LogP contribution in [0, 0.1) is 0 Å². The molecule has 1 aliphatic carbocycles. The second-order valence-electron chi connectivity index (χ2n) is 5.13. The van der Waals surface area contributed by atoms with E-state index in [0.717, 1.165) is 28.0 Å². The first-order valence-corrected chi connectivity index (χ1v) is 8.23. The molecule has 2 aromatic rings. The maximum absolute atomic E-state index is 6.03. The Morgan fingerprint density at radius 2 is 1.80 bits per heavy atom. The van der Waals surface area contributed by atoms with E-state index in [2.05, 4.69) is 34.1 Å². The van der Waals surface area contributed by atoms with E-state index in [0.29, 0.717) is 5.88 Å². The summed E-state index contributed by atoms with van der Waals surface area (Å²) in [5.41, 5.74) is 3.90. The molecule has 104 valence electrons. The van der Waals surface area contributed by atoms with Crippen LogP contribution in [0.25, 0.3) is 0 Å². The summed E-state index contributed by atoms with van der Waals surface area (Å²) in [4.78, 5) is 0. The fraction of sp³-hybridized carbons (Fsp3) is 0.294. The summed E-state index contributed by atoms with van der Waals surface area (Å²) < 4.78 is 7.03. The van der Waals surface area contributed by atoms with E-state index < -0.39 is 0 Å². The van der Waals surface area contributed by atoms with Gasteiger partial charge in [0.2, 0.25) is 0 Å². The molecular formula is C17H16BrClO. The van der Waals surface area contributed by atoms with Crippen molar-refractivity contribution in [2.75, 3.05) is 0 Å². The minimum atomic E-state index is 0.452. The Labute approximate surface area is 133 Å². The zero-order valence-corrected chi connectivity index (χ0v) is 13.5. The predicted molar refractivity (Wildman–Crippen MR) is 86.9 cm³/mol. The molecule has 0 saturated carbocycles. The van der Waals surface area contributed by atoms with Crippen LogP contribution in [-0.2, 0) is 18.7 Å². The van der Waals surface area contributed by atoms with Gasteiger partial charge in [-0.25, -0.2) is 0 Å². The van der Waals surface area contributed by atoms with Gasteiger partial charge in [-0.1, -0.05) is 28.1 Å². The largest absolute Gasteiger partial charge is 0.457 e. The molecule has 0 amide bonds. The number of benzene rings is 2. The molecule has 0 spiro atoms. The Balaban J connectivity index is 1.89. The average molecular weight is 352 g/mol. The highest BCUT2D eigenvalue weighted by atomic mass is 79.9. The summed E-state index contributed by atoms with van der Waals surface area (Å²) in [5, 5.41) is 0. The van der Waals surface area contributed by atoms with Crippen LogP contribution in [0.3, 0.4) is 0 Å². The zero-order valence-electron chi connectivity index (χ0n) is 11.2. The van der Waals surface area contributed by atoms with Gasteiger partial charge in [0.1, 0.15) is 11.5 Å². The fourth-order valence-electron chi connectivity index (χ4n) is 2.63. The second kappa shape index (κ2) is 6.19. The van der Waals surface area contributed by atoms with E-state index in [-0.39, 0.29) is 0 Å². The highest BCUT2D eigenvalue weighted by Crippen LogP contribution is 2.32. The minimum Gasteiger partial charge on any atom is -0.457 e. The van der Waals surface area contributed by atoms with Crippen molar-refractivity contribution < 1.29 is 4.74 Å². The maximum atomic E-state index is 6.03. The third kappa shape index (κ3) is 3.02. The molecule has 0 heterocycles. The molecule has 0 aromatic heterocycles. The van der Waals surface area contributed by atoms with Crippen molar-refractivity contribution in [1.82, 2.24) is 0 Å². The zero-order chi connectivity index (χ0) is 13.9. The lowest BCUT2D eigenvalue weighted by molar-refractivity contribution is 0.476. The van der Waals surface area contributed by atoms with E-state index in [9.17, 15) is 0 Å². The van der Waals surface area contributed by atoms with Gasteiger partial charge in [-0.3, -0.25) is 0 Å². The van der Waals surface area contributed by atoms with Crippen molar-refractivity contribution in [1.29, 1.82) is 0 Å². The Hall–Kier alpha value is -0.990. The predicted octanol–water partition coefficient (Wildman–Crippen LogP) is 5.86. The van der Waals surface area contributed by atoms with E-state index in [1.165, 1.54) is 30.4 Å². The van der Waals surface area contributed by atoms with Crippen LogP contribution in [0.1, 0.15) is 29.5 Å². The van der Waals surface area contributed by atoms with Crippen LogP contribution in [0.15, 0.2) is 40.9 Å². The number of ether oxygens (including phenoxy) is 1. The van der Waals surface area contributed by atoms with E-state index in [1.54, 1.807) is 0 Å². The van der Waals surface area contributed by atoms with Gasteiger partial charge >= 0.3 is 0 Å². The van der Waals surface area contributed by atoms with Gasteiger partial charge in [0.05, 0.1) is 5.88 Å². The smallest absolute Gasteiger partial charge is 0.132 e. The minimum absolute atomic E-state index is 0.452. The van der Waals surface area contributed by atoms with Gasteiger partial charge in [0, 0.05) is 10.0 Å². The van der Waals surface area contributed by atoms with Crippen molar-refractivity contribution in [2.45, 2.75) is 31.6 Å². The Bertz CT molecular complexity index is 624. The van der Waals surface area contributed by atoms with Crippen LogP contribution in [0.5, 0.6) is 11.5 Å². The quantitative estimate of drug-likeness (QED) is 0.629. The van der Waals surface area contributed by atoms with Gasteiger partial charge in [-0.05, 0) is 61.1 Å². The van der Waals surface area contributed by atoms with Gasteiger partial charge in [0.15, 0.2) is 0 Å². The van der Waals surface area contributed by atoms with Gasteiger partial charge < -0.3 is 4.74 Å². The number of hydrogen-bond donors (Lipinski definition) is 0. The van der Waals surface area contributed by atoms with Crippen LogP contribution in [0.4, 0.5) is 0 Å². The standard InChI is InChI=1S/C17H16BrClO/c18-15-7-5-14(11-19)17(10-15)20-16-8-6-12-3-1-2-4-13(12)9-16/h5-10H,1-4,11H2. The van der Waals surface area contributed by atoms with Crippen molar-refractivity contribution in [2.24, 2.45) is 0 Å². The summed E-state index contributed by atoms with van der Waals surface area (Å²) in [7, 11) is 0. The molecule has 20 heavy (non-hydrogen) atoms. The Morgan fingerprint density at radius 3 is 2.60 bits per heavy atom. The molecule has 2 aromatic carbocycles. The van der Waals surface area contributed by atoms with Crippen LogP contribution < -0.4 is 4.74 Å². The summed E-state index contributed by atoms with van der Waals surface area (Å²) in [6.45, 7) is 0. The molecule has 0 unspecified atom stereocenters. The molecule has 0 saturated heterocycles. The lowest BCUT2D eigenvalue weighted by Crippen LogP contribution is -2.02. The van der Waals surface area contributed by atoms with Crippen molar-refractivity contribution in [3.05, 3.63) is 57.6 Å². The molecule has 1 aliphatic rings. The van der Waals surface area contributed by atoms with Crippen molar-refractivity contribution in [3.8, 4) is 11.5 Å². The molecule has 3 heteroatoms. The van der Waals surface area contributed by atoms with Crippen LogP contribution >= 0.6 is 27.5 Å². The van der Waals surface area contributed by atoms with Gasteiger partial charge in [-0.15, -0.1) is 11.6 Å². The molecule has 1 nitrogen and oxygen atoms in total. The summed E-state index contributed by atoms with van der Waals surface area (Å²) in [6, 6.07) is 12.4. The molecule has 0 N–H and O–H groups in total. The normalized spacial score (nSPS) is 13.9. The Morgan fingerprint density at radius 1 is 1.00 bits per heavy atom. The molecule has 3 rings (SSSR count). The first kappa shape index (κ1) is 14.0. The summed E-state index contributed by atoms with van der Waals surface area (Å²) in [6.07, 6.45) is 4.93. The van der Waals surface area contributed by atoms with Gasteiger partial charge in [0.25, 0.3) is 0 Å². The lowest BCUT2D eigenvalue weighted by Gasteiger charge is -2.17. The molecule has 0 bridgehead atoms. The van der Waals surface area contributed by atoms with Crippen molar-refractivity contribution >= 4 is 27.5 Å². The monoisotopic (exact) mass is 350 g/mol. The Kier molecular flexibility index (Phi) is 4.32. The first-order chi connectivity index (χ1) is 9.76. The summed E-state index contributed by atoms with van der Waals surface area (Å²) >= 11 is 9.45. The molecule has 0 radical (unpaired) electrons.